The van der Waals surface area contributed by atoms with Gasteiger partial charge in [0.05, 0.1) is 20.5 Å². The molecule has 0 saturated carbocycles. The fourth-order valence-electron chi connectivity index (χ4n) is 3.35. The maximum Gasteiger partial charge on any atom is 0.341 e. The van der Waals surface area contributed by atoms with Gasteiger partial charge in [0.25, 0.3) is 0 Å². The predicted molar refractivity (Wildman–Crippen MR) is 114 cm³/mol. The van der Waals surface area contributed by atoms with Crippen LogP contribution >= 0.6 is 0 Å². The van der Waals surface area contributed by atoms with Crippen molar-refractivity contribution >= 4 is 22.5 Å². The SMILES string of the molecule is CO/C=C(/C(=O)OC)c1cccc2cc(-c3cccc(-c4ccccc4)c3)oc12. The second-order valence-electron chi connectivity index (χ2n) is 6.54. The summed E-state index contributed by atoms with van der Waals surface area (Å²) in [6.45, 7) is 0. The van der Waals surface area contributed by atoms with Gasteiger partial charge in [0, 0.05) is 16.5 Å². The van der Waals surface area contributed by atoms with Crippen LogP contribution in [0, 0.1) is 0 Å². The number of esters is 1. The topological polar surface area (TPSA) is 48.7 Å². The van der Waals surface area contributed by atoms with Crippen LogP contribution in [-0.4, -0.2) is 20.2 Å². The highest BCUT2D eigenvalue weighted by atomic mass is 16.5. The number of para-hydroxylation sites is 1. The van der Waals surface area contributed by atoms with Gasteiger partial charge < -0.3 is 13.9 Å². The molecule has 4 nitrogen and oxygen atoms in total. The summed E-state index contributed by atoms with van der Waals surface area (Å²) in [6.07, 6.45) is 1.37. The third-order valence-electron chi connectivity index (χ3n) is 4.73. The lowest BCUT2D eigenvalue weighted by Crippen LogP contribution is -2.04. The summed E-state index contributed by atoms with van der Waals surface area (Å²) >= 11 is 0. The molecule has 0 saturated heterocycles. The van der Waals surface area contributed by atoms with E-state index in [2.05, 4.69) is 24.3 Å². The molecule has 0 radical (unpaired) electrons. The Morgan fingerprint density at radius 1 is 0.828 bits per heavy atom. The Bertz CT molecular complexity index is 1190. The minimum Gasteiger partial charge on any atom is -0.503 e. The first-order valence-corrected chi connectivity index (χ1v) is 9.21. The number of furan rings is 1. The molecular weight excluding hydrogens is 364 g/mol. The number of carbonyl (C=O) groups excluding carboxylic acids is 1. The molecule has 0 atom stereocenters. The van der Waals surface area contributed by atoms with Gasteiger partial charge in [0.1, 0.15) is 16.9 Å². The van der Waals surface area contributed by atoms with Crippen molar-refractivity contribution < 1.29 is 18.7 Å². The van der Waals surface area contributed by atoms with Crippen molar-refractivity contribution in [3.63, 3.8) is 0 Å². The average Bonchev–Trinajstić information content (AvgIpc) is 3.22. The molecule has 4 heteroatoms. The third kappa shape index (κ3) is 3.65. The van der Waals surface area contributed by atoms with Crippen LogP contribution in [0.4, 0.5) is 0 Å². The second kappa shape index (κ2) is 8.07. The standard InChI is InChI=1S/C25H20O4/c1-27-16-22(25(26)28-2)21-13-7-12-20-15-23(29-24(20)21)19-11-6-10-18(14-19)17-8-4-3-5-9-17/h3-16H,1-2H3/b22-16+. The highest BCUT2D eigenvalue weighted by Gasteiger charge is 2.19. The van der Waals surface area contributed by atoms with E-state index in [1.165, 1.54) is 20.5 Å². The smallest absolute Gasteiger partial charge is 0.341 e. The first kappa shape index (κ1) is 18.6. The number of hydrogen-bond donors (Lipinski definition) is 0. The molecule has 4 aromatic rings. The molecule has 0 aliphatic heterocycles. The van der Waals surface area contributed by atoms with Gasteiger partial charge in [-0.25, -0.2) is 4.79 Å². The number of ether oxygens (including phenoxy) is 2. The van der Waals surface area contributed by atoms with E-state index in [1.807, 2.05) is 54.6 Å². The van der Waals surface area contributed by atoms with Crippen molar-refractivity contribution in [3.8, 4) is 22.5 Å². The first-order valence-electron chi connectivity index (χ1n) is 9.21. The van der Waals surface area contributed by atoms with E-state index in [9.17, 15) is 4.79 Å². The summed E-state index contributed by atoms with van der Waals surface area (Å²) in [5.74, 6) is 0.246. The Balaban J connectivity index is 1.82. The Labute approximate surface area is 169 Å². The lowest BCUT2D eigenvalue weighted by atomic mass is 10.0. The molecule has 4 rings (SSSR count). The normalized spacial score (nSPS) is 11.4. The average molecular weight is 384 g/mol. The lowest BCUT2D eigenvalue weighted by molar-refractivity contribution is -0.133. The van der Waals surface area contributed by atoms with Crippen molar-refractivity contribution in [2.75, 3.05) is 14.2 Å². The summed E-state index contributed by atoms with van der Waals surface area (Å²) in [5.41, 5.74) is 4.76. The molecule has 29 heavy (non-hydrogen) atoms. The minimum atomic E-state index is -0.483. The number of methoxy groups -OCH3 is 2. The summed E-state index contributed by atoms with van der Waals surface area (Å²) < 4.78 is 16.2. The fraction of sp³-hybridized carbons (Fsp3) is 0.0800. The second-order valence-corrected chi connectivity index (χ2v) is 6.54. The Hall–Kier alpha value is -3.79. The van der Waals surface area contributed by atoms with Crippen molar-refractivity contribution in [3.05, 3.63) is 90.7 Å². The quantitative estimate of drug-likeness (QED) is 0.243. The van der Waals surface area contributed by atoms with Crippen LogP contribution in [0.2, 0.25) is 0 Å². The van der Waals surface area contributed by atoms with Gasteiger partial charge in [-0.15, -0.1) is 0 Å². The van der Waals surface area contributed by atoms with Crippen LogP contribution in [0.5, 0.6) is 0 Å². The number of fused-ring (bicyclic) bond motifs is 1. The van der Waals surface area contributed by atoms with E-state index >= 15 is 0 Å². The number of benzene rings is 3. The first-order chi connectivity index (χ1) is 14.2. The minimum absolute atomic E-state index is 0.305. The fourth-order valence-corrected chi connectivity index (χ4v) is 3.35. The van der Waals surface area contributed by atoms with E-state index in [0.29, 0.717) is 16.7 Å². The van der Waals surface area contributed by atoms with Gasteiger partial charge in [-0.3, -0.25) is 0 Å². The lowest BCUT2D eigenvalue weighted by Gasteiger charge is -2.06. The molecule has 0 bridgehead atoms. The Morgan fingerprint density at radius 3 is 2.31 bits per heavy atom. The number of carbonyl (C=O) groups is 1. The summed E-state index contributed by atoms with van der Waals surface area (Å²) in [7, 11) is 2.83. The zero-order valence-corrected chi connectivity index (χ0v) is 16.2. The molecule has 0 unspecified atom stereocenters. The van der Waals surface area contributed by atoms with Crippen molar-refractivity contribution in [1.82, 2.24) is 0 Å². The highest BCUT2D eigenvalue weighted by Crippen LogP contribution is 2.34. The van der Waals surface area contributed by atoms with Crippen LogP contribution in [0.3, 0.4) is 0 Å². The number of hydrogen-bond acceptors (Lipinski definition) is 4. The van der Waals surface area contributed by atoms with Crippen molar-refractivity contribution in [1.29, 1.82) is 0 Å². The maximum atomic E-state index is 12.2. The van der Waals surface area contributed by atoms with Gasteiger partial charge in [0.15, 0.2) is 0 Å². The van der Waals surface area contributed by atoms with Gasteiger partial charge in [-0.1, -0.05) is 66.7 Å². The summed E-state index contributed by atoms with van der Waals surface area (Å²) in [4.78, 5) is 12.2. The summed E-state index contributed by atoms with van der Waals surface area (Å²) in [6, 6.07) is 26.0. The molecule has 0 aliphatic rings. The molecule has 0 amide bonds. The molecule has 0 aliphatic carbocycles. The molecule has 1 aromatic heterocycles. The zero-order valence-electron chi connectivity index (χ0n) is 16.2. The zero-order chi connectivity index (χ0) is 20.2. The highest BCUT2D eigenvalue weighted by molar-refractivity contribution is 6.19. The van der Waals surface area contributed by atoms with E-state index in [1.54, 1.807) is 0 Å². The van der Waals surface area contributed by atoms with Crippen LogP contribution in [0.25, 0.3) is 39.0 Å². The molecule has 1 heterocycles. The van der Waals surface area contributed by atoms with Crippen LogP contribution < -0.4 is 0 Å². The summed E-state index contributed by atoms with van der Waals surface area (Å²) in [5, 5.41) is 0.897. The van der Waals surface area contributed by atoms with E-state index in [-0.39, 0.29) is 0 Å². The molecule has 3 aromatic carbocycles. The molecule has 0 fully saturated rings. The third-order valence-corrected chi connectivity index (χ3v) is 4.73. The predicted octanol–water partition coefficient (Wildman–Crippen LogP) is 5.93. The van der Waals surface area contributed by atoms with Crippen LogP contribution in [0.1, 0.15) is 5.56 Å². The number of rotatable bonds is 5. The van der Waals surface area contributed by atoms with Gasteiger partial charge in [0.2, 0.25) is 0 Å². The van der Waals surface area contributed by atoms with Crippen molar-refractivity contribution in [2.24, 2.45) is 0 Å². The van der Waals surface area contributed by atoms with Gasteiger partial charge >= 0.3 is 5.97 Å². The maximum absolute atomic E-state index is 12.2. The van der Waals surface area contributed by atoms with Gasteiger partial charge in [-0.05, 0) is 23.3 Å². The monoisotopic (exact) mass is 384 g/mol. The van der Waals surface area contributed by atoms with E-state index in [4.69, 9.17) is 13.9 Å². The van der Waals surface area contributed by atoms with Gasteiger partial charge in [-0.2, -0.15) is 0 Å². The Morgan fingerprint density at radius 2 is 1.55 bits per heavy atom. The molecule has 0 N–H and O–H groups in total. The van der Waals surface area contributed by atoms with Crippen LogP contribution in [0.15, 0.2) is 89.5 Å². The van der Waals surface area contributed by atoms with Crippen molar-refractivity contribution in [2.45, 2.75) is 0 Å². The Kier molecular flexibility index (Phi) is 5.16. The molecular formula is C25H20O4. The molecule has 144 valence electrons. The molecule has 0 spiro atoms. The van der Waals surface area contributed by atoms with Crippen LogP contribution in [-0.2, 0) is 14.3 Å². The van der Waals surface area contributed by atoms with E-state index in [0.717, 1.165) is 27.8 Å². The largest absolute Gasteiger partial charge is 0.503 e. The van der Waals surface area contributed by atoms with E-state index < -0.39 is 5.97 Å².